The highest BCUT2D eigenvalue weighted by molar-refractivity contribution is 5.95. The van der Waals surface area contributed by atoms with E-state index in [2.05, 4.69) is 5.32 Å². The van der Waals surface area contributed by atoms with Gasteiger partial charge >= 0.3 is 5.69 Å². The van der Waals surface area contributed by atoms with Crippen LogP contribution in [-0.2, 0) is 0 Å². The number of nitro benzene ring substituents is 1. The lowest BCUT2D eigenvalue weighted by molar-refractivity contribution is -0.387. The van der Waals surface area contributed by atoms with Crippen LogP contribution in [0.5, 0.6) is 0 Å². The maximum atomic E-state index is 13.5. The van der Waals surface area contributed by atoms with Crippen molar-refractivity contribution in [3.63, 3.8) is 0 Å². The molecule has 6 nitrogen and oxygen atoms in total. The van der Waals surface area contributed by atoms with Gasteiger partial charge in [-0.2, -0.15) is 4.39 Å². The van der Waals surface area contributed by atoms with Crippen molar-refractivity contribution in [2.45, 2.75) is 0 Å². The molecule has 0 aliphatic rings. The first-order valence-electron chi connectivity index (χ1n) is 4.59. The Kier molecular flexibility index (Phi) is 4.05. The highest BCUT2D eigenvalue weighted by Crippen LogP contribution is 2.22. The molecule has 0 aliphatic carbocycles. The molecule has 1 amide bonds. The predicted molar refractivity (Wildman–Crippen MR) is 54.4 cm³/mol. The van der Waals surface area contributed by atoms with Crippen LogP contribution >= 0.6 is 0 Å². The molecule has 0 unspecified atom stereocenters. The van der Waals surface area contributed by atoms with Gasteiger partial charge in [0, 0.05) is 19.2 Å². The molecule has 0 aromatic heterocycles. The number of nitrogens with two attached hydrogens (primary N) is 1. The van der Waals surface area contributed by atoms with Crippen LogP contribution in [0.15, 0.2) is 12.1 Å². The van der Waals surface area contributed by atoms with Crippen LogP contribution in [0.4, 0.5) is 14.5 Å². The predicted octanol–water partition coefficient (Wildman–Crippen LogP) is 0.561. The third kappa shape index (κ3) is 2.72. The van der Waals surface area contributed by atoms with E-state index in [1.54, 1.807) is 0 Å². The van der Waals surface area contributed by atoms with Crippen LogP contribution in [0.3, 0.4) is 0 Å². The van der Waals surface area contributed by atoms with Crippen molar-refractivity contribution in [1.29, 1.82) is 0 Å². The lowest BCUT2D eigenvalue weighted by atomic mass is 10.1. The fraction of sp³-hybridized carbons (Fsp3) is 0.222. The molecule has 0 heterocycles. The molecule has 0 saturated carbocycles. The Morgan fingerprint density at radius 1 is 1.47 bits per heavy atom. The Balaban J connectivity index is 3.18. The summed E-state index contributed by atoms with van der Waals surface area (Å²) in [7, 11) is 0. The molecule has 1 aromatic rings. The van der Waals surface area contributed by atoms with Gasteiger partial charge in [0.15, 0.2) is 0 Å². The Morgan fingerprint density at radius 2 is 2.12 bits per heavy atom. The Morgan fingerprint density at radius 3 is 2.65 bits per heavy atom. The van der Waals surface area contributed by atoms with Gasteiger partial charge in [-0.3, -0.25) is 14.9 Å². The van der Waals surface area contributed by atoms with Crippen LogP contribution in [0.2, 0.25) is 0 Å². The highest BCUT2D eigenvalue weighted by atomic mass is 19.1. The number of carbonyl (C=O) groups is 1. The van der Waals surface area contributed by atoms with Crippen molar-refractivity contribution >= 4 is 11.6 Å². The van der Waals surface area contributed by atoms with Crippen molar-refractivity contribution in [3.8, 4) is 0 Å². The first kappa shape index (κ1) is 13.0. The summed E-state index contributed by atoms with van der Waals surface area (Å²) >= 11 is 0. The second-order valence-electron chi connectivity index (χ2n) is 3.06. The van der Waals surface area contributed by atoms with Crippen LogP contribution in [0, 0.1) is 21.7 Å². The molecule has 0 saturated heterocycles. The summed E-state index contributed by atoms with van der Waals surface area (Å²) in [6.45, 7) is 0.101. The third-order valence-corrected chi connectivity index (χ3v) is 1.92. The van der Waals surface area contributed by atoms with Gasteiger partial charge in [0.05, 0.1) is 4.92 Å². The van der Waals surface area contributed by atoms with Crippen molar-refractivity contribution in [2.75, 3.05) is 13.1 Å². The molecule has 0 spiro atoms. The molecule has 0 radical (unpaired) electrons. The van der Waals surface area contributed by atoms with Crippen molar-refractivity contribution in [2.24, 2.45) is 5.73 Å². The SMILES string of the molecule is NCCNC(=O)c1c(F)ccc([N+](=O)[O-])c1F. The van der Waals surface area contributed by atoms with E-state index in [0.29, 0.717) is 12.1 Å². The van der Waals surface area contributed by atoms with E-state index in [4.69, 9.17) is 5.73 Å². The van der Waals surface area contributed by atoms with Crippen molar-refractivity contribution in [3.05, 3.63) is 39.4 Å². The number of benzene rings is 1. The first-order valence-corrected chi connectivity index (χ1v) is 4.59. The third-order valence-electron chi connectivity index (χ3n) is 1.92. The molecule has 3 N–H and O–H groups in total. The van der Waals surface area contributed by atoms with E-state index in [-0.39, 0.29) is 13.1 Å². The summed E-state index contributed by atoms with van der Waals surface area (Å²) in [5.41, 5.74) is 3.17. The number of nitrogens with one attached hydrogen (secondary N) is 1. The average molecular weight is 245 g/mol. The summed E-state index contributed by atoms with van der Waals surface area (Å²) in [4.78, 5) is 20.7. The lowest BCUT2D eigenvalue weighted by Crippen LogP contribution is -2.30. The van der Waals surface area contributed by atoms with Crippen LogP contribution in [0.25, 0.3) is 0 Å². The Hall–Kier alpha value is -2.09. The minimum absolute atomic E-state index is 0.0143. The first-order chi connectivity index (χ1) is 7.99. The van der Waals surface area contributed by atoms with Gasteiger partial charge in [0.1, 0.15) is 11.4 Å². The van der Waals surface area contributed by atoms with Crippen LogP contribution < -0.4 is 11.1 Å². The monoisotopic (exact) mass is 245 g/mol. The summed E-state index contributed by atoms with van der Waals surface area (Å²) in [5.74, 6) is -3.73. The number of amides is 1. The largest absolute Gasteiger partial charge is 0.351 e. The molecule has 17 heavy (non-hydrogen) atoms. The summed E-state index contributed by atoms with van der Waals surface area (Å²) in [6.07, 6.45) is 0. The van der Waals surface area contributed by atoms with Crippen molar-refractivity contribution < 1.29 is 18.5 Å². The molecule has 0 atom stereocenters. The molecule has 1 rings (SSSR count). The van der Waals surface area contributed by atoms with E-state index in [0.717, 1.165) is 0 Å². The second kappa shape index (κ2) is 5.30. The smallest absolute Gasteiger partial charge is 0.305 e. The zero-order chi connectivity index (χ0) is 13.0. The van der Waals surface area contributed by atoms with E-state index >= 15 is 0 Å². The van der Waals surface area contributed by atoms with Gasteiger partial charge in [-0.25, -0.2) is 4.39 Å². The number of nitro groups is 1. The van der Waals surface area contributed by atoms with Gasteiger partial charge < -0.3 is 11.1 Å². The fourth-order valence-electron chi connectivity index (χ4n) is 1.16. The van der Waals surface area contributed by atoms with Gasteiger partial charge in [0.25, 0.3) is 5.91 Å². The molecular weight excluding hydrogens is 236 g/mol. The normalized spacial score (nSPS) is 10.1. The molecule has 8 heteroatoms. The zero-order valence-electron chi connectivity index (χ0n) is 8.57. The standard InChI is InChI=1S/C9H9F2N3O3/c10-5-1-2-6(14(16)17)8(11)7(5)9(15)13-4-3-12/h1-2H,3-4,12H2,(H,13,15). The van der Waals surface area contributed by atoms with Gasteiger partial charge in [0.2, 0.25) is 5.82 Å². The minimum Gasteiger partial charge on any atom is -0.351 e. The van der Waals surface area contributed by atoms with E-state index in [1.165, 1.54) is 0 Å². The Labute approximate surface area is 94.6 Å². The number of carbonyl (C=O) groups excluding carboxylic acids is 1. The molecule has 0 aliphatic heterocycles. The number of hydrogen-bond acceptors (Lipinski definition) is 4. The molecular formula is C9H9F2N3O3. The highest BCUT2D eigenvalue weighted by Gasteiger charge is 2.25. The van der Waals surface area contributed by atoms with E-state index in [1.807, 2.05) is 0 Å². The fourth-order valence-corrected chi connectivity index (χ4v) is 1.16. The number of rotatable bonds is 4. The maximum absolute atomic E-state index is 13.5. The average Bonchev–Trinajstić information content (AvgIpc) is 2.25. The molecule has 0 bridgehead atoms. The van der Waals surface area contributed by atoms with Gasteiger partial charge in [-0.05, 0) is 6.07 Å². The lowest BCUT2D eigenvalue weighted by Gasteiger charge is -2.05. The summed E-state index contributed by atoms with van der Waals surface area (Å²) in [5, 5.41) is 12.5. The number of halogens is 2. The molecule has 92 valence electrons. The topological polar surface area (TPSA) is 98.3 Å². The Bertz CT molecular complexity index is 465. The van der Waals surface area contributed by atoms with Crippen molar-refractivity contribution in [1.82, 2.24) is 5.32 Å². The van der Waals surface area contributed by atoms with Gasteiger partial charge in [-0.15, -0.1) is 0 Å². The minimum atomic E-state index is -1.50. The van der Waals surface area contributed by atoms with Crippen LogP contribution in [-0.4, -0.2) is 23.9 Å². The van der Waals surface area contributed by atoms with E-state index < -0.39 is 33.7 Å². The number of nitrogens with zero attached hydrogens (tertiary/aromatic N) is 1. The van der Waals surface area contributed by atoms with Crippen LogP contribution in [0.1, 0.15) is 10.4 Å². The molecule has 1 aromatic carbocycles. The summed E-state index contributed by atoms with van der Waals surface area (Å²) < 4.78 is 26.7. The summed E-state index contributed by atoms with van der Waals surface area (Å²) in [6, 6.07) is 1.32. The quantitative estimate of drug-likeness (QED) is 0.598. The zero-order valence-corrected chi connectivity index (χ0v) is 8.57. The molecule has 0 fully saturated rings. The number of hydrogen-bond donors (Lipinski definition) is 2. The maximum Gasteiger partial charge on any atom is 0.305 e. The van der Waals surface area contributed by atoms with E-state index in [9.17, 15) is 23.7 Å². The van der Waals surface area contributed by atoms with Gasteiger partial charge in [-0.1, -0.05) is 0 Å². The second-order valence-corrected chi connectivity index (χ2v) is 3.06.